The van der Waals surface area contributed by atoms with Crippen LogP contribution >= 0.6 is 0 Å². The summed E-state index contributed by atoms with van der Waals surface area (Å²) in [6.07, 6.45) is 4.36. The zero-order valence-corrected chi connectivity index (χ0v) is 10.9. The van der Waals surface area contributed by atoms with E-state index in [-0.39, 0.29) is 0 Å². The third-order valence-corrected chi connectivity index (χ3v) is 3.40. The van der Waals surface area contributed by atoms with Gasteiger partial charge in [0, 0.05) is 0 Å². The predicted molar refractivity (Wildman–Crippen MR) is 75.9 cm³/mol. The van der Waals surface area contributed by atoms with Crippen LogP contribution in [0.3, 0.4) is 0 Å². The minimum Gasteiger partial charge on any atom is -0.508 e. The molecule has 0 aromatic heterocycles. The Bertz CT molecular complexity index is 455. The molecule has 1 N–H and O–H groups in total. The lowest BCUT2D eigenvalue weighted by Crippen LogP contribution is -1.92. The van der Waals surface area contributed by atoms with E-state index in [0.717, 1.165) is 24.8 Å². The van der Waals surface area contributed by atoms with Crippen molar-refractivity contribution >= 4 is 0 Å². The van der Waals surface area contributed by atoms with Gasteiger partial charge in [0.25, 0.3) is 0 Å². The molecule has 1 heteroatoms. The van der Waals surface area contributed by atoms with Crippen molar-refractivity contribution in [3.05, 3.63) is 65.2 Å². The summed E-state index contributed by atoms with van der Waals surface area (Å²) in [7, 11) is 0. The first kappa shape index (κ1) is 12.7. The highest BCUT2D eigenvalue weighted by atomic mass is 16.3. The van der Waals surface area contributed by atoms with Gasteiger partial charge in [-0.3, -0.25) is 0 Å². The van der Waals surface area contributed by atoms with Gasteiger partial charge >= 0.3 is 0 Å². The minimum absolute atomic E-state index is 0.424. The molecule has 18 heavy (non-hydrogen) atoms. The van der Waals surface area contributed by atoms with Gasteiger partial charge in [-0.15, -0.1) is 0 Å². The van der Waals surface area contributed by atoms with Crippen molar-refractivity contribution in [1.82, 2.24) is 0 Å². The Morgan fingerprint density at radius 2 is 1.33 bits per heavy atom. The normalized spacial score (nSPS) is 10.5. The molecule has 0 saturated heterocycles. The average molecular weight is 240 g/mol. The van der Waals surface area contributed by atoms with Crippen molar-refractivity contribution in [1.29, 1.82) is 0 Å². The van der Waals surface area contributed by atoms with Crippen LogP contribution in [0.2, 0.25) is 0 Å². The van der Waals surface area contributed by atoms with Crippen LogP contribution in [0.1, 0.15) is 29.5 Å². The van der Waals surface area contributed by atoms with Crippen LogP contribution < -0.4 is 0 Å². The summed E-state index contributed by atoms with van der Waals surface area (Å²) in [6, 6.07) is 16.2. The van der Waals surface area contributed by atoms with Crippen molar-refractivity contribution in [2.45, 2.75) is 32.6 Å². The number of hydrogen-bond acceptors (Lipinski definition) is 1. The van der Waals surface area contributed by atoms with Crippen LogP contribution in [0, 0.1) is 6.92 Å². The van der Waals surface area contributed by atoms with Gasteiger partial charge < -0.3 is 5.11 Å². The Morgan fingerprint density at radius 1 is 0.778 bits per heavy atom. The molecule has 0 atom stereocenters. The number of benzene rings is 2. The van der Waals surface area contributed by atoms with Gasteiger partial charge in [0.15, 0.2) is 0 Å². The number of para-hydroxylation sites is 1. The number of rotatable bonds is 5. The summed E-state index contributed by atoms with van der Waals surface area (Å²) >= 11 is 0. The molecule has 0 heterocycles. The molecule has 0 spiro atoms. The van der Waals surface area contributed by atoms with E-state index in [1.165, 1.54) is 17.5 Å². The second kappa shape index (κ2) is 6.25. The smallest absolute Gasteiger partial charge is 0.118 e. The summed E-state index contributed by atoms with van der Waals surface area (Å²) in [5, 5.41) is 9.67. The van der Waals surface area contributed by atoms with Gasteiger partial charge in [-0.05, 0) is 55.4 Å². The summed E-state index contributed by atoms with van der Waals surface area (Å²) < 4.78 is 0. The molecule has 1 nitrogen and oxygen atoms in total. The number of phenols is 1. The molecule has 94 valence electrons. The summed E-state index contributed by atoms with van der Waals surface area (Å²) in [5.41, 5.74) is 3.87. The summed E-state index contributed by atoms with van der Waals surface area (Å²) in [5.74, 6) is 0.424. The van der Waals surface area contributed by atoms with Gasteiger partial charge in [-0.2, -0.15) is 0 Å². The molecule has 0 amide bonds. The van der Waals surface area contributed by atoms with Crippen LogP contribution in [0.5, 0.6) is 5.75 Å². The lowest BCUT2D eigenvalue weighted by atomic mass is 10.0. The van der Waals surface area contributed by atoms with E-state index in [4.69, 9.17) is 0 Å². The third-order valence-electron chi connectivity index (χ3n) is 3.40. The molecule has 0 bridgehead atoms. The van der Waals surface area contributed by atoms with Crippen LogP contribution in [-0.2, 0) is 12.8 Å². The lowest BCUT2D eigenvalue weighted by Gasteiger charge is -2.06. The van der Waals surface area contributed by atoms with E-state index in [2.05, 4.69) is 31.2 Å². The van der Waals surface area contributed by atoms with Crippen LogP contribution in [0.15, 0.2) is 48.5 Å². The summed E-state index contributed by atoms with van der Waals surface area (Å²) in [4.78, 5) is 0. The number of phenolic OH excluding ortho intramolecular Hbond substituents is 1. The first-order valence-electron chi connectivity index (χ1n) is 6.59. The number of unbranched alkanes of at least 4 members (excludes halogenated alkanes) is 1. The average Bonchev–Trinajstić information content (AvgIpc) is 2.38. The van der Waals surface area contributed by atoms with E-state index in [9.17, 15) is 5.11 Å². The van der Waals surface area contributed by atoms with Gasteiger partial charge in [0.05, 0.1) is 0 Å². The molecular formula is C17H20O. The molecule has 0 fully saturated rings. The van der Waals surface area contributed by atoms with Gasteiger partial charge in [0.2, 0.25) is 0 Å². The van der Waals surface area contributed by atoms with Gasteiger partial charge in [-0.1, -0.05) is 42.5 Å². The molecule has 0 aliphatic carbocycles. The van der Waals surface area contributed by atoms with Crippen molar-refractivity contribution < 1.29 is 5.11 Å². The molecule has 0 aliphatic heterocycles. The van der Waals surface area contributed by atoms with E-state index in [0.29, 0.717) is 5.75 Å². The van der Waals surface area contributed by atoms with Crippen LogP contribution in [0.25, 0.3) is 0 Å². The molecule has 0 unspecified atom stereocenters. The van der Waals surface area contributed by atoms with Crippen LogP contribution in [-0.4, -0.2) is 5.11 Å². The lowest BCUT2D eigenvalue weighted by molar-refractivity contribution is 0.466. The predicted octanol–water partition coefficient (Wildman–Crippen LogP) is 4.27. The molecular weight excluding hydrogens is 220 g/mol. The minimum atomic E-state index is 0.424. The Morgan fingerprint density at radius 3 is 2.00 bits per heavy atom. The van der Waals surface area contributed by atoms with Gasteiger partial charge in [0.1, 0.15) is 5.75 Å². The zero-order chi connectivity index (χ0) is 12.8. The maximum atomic E-state index is 9.67. The monoisotopic (exact) mass is 240 g/mol. The van der Waals surface area contributed by atoms with Crippen molar-refractivity contribution in [2.75, 3.05) is 0 Å². The van der Waals surface area contributed by atoms with Crippen molar-refractivity contribution in [3.63, 3.8) is 0 Å². The second-order valence-corrected chi connectivity index (χ2v) is 4.76. The zero-order valence-electron chi connectivity index (χ0n) is 10.9. The summed E-state index contributed by atoms with van der Waals surface area (Å²) in [6.45, 7) is 2.17. The molecule has 2 rings (SSSR count). The van der Waals surface area contributed by atoms with E-state index >= 15 is 0 Å². The maximum absolute atomic E-state index is 9.67. The number of aromatic hydroxyl groups is 1. The molecule has 0 aliphatic rings. The fourth-order valence-corrected chi connectivity index (χ4v) is 2.24. The Hall–Kier alpha value is -1.76. The Balaban J connectivity index is 1.80. The topological polar surface area (TPSA) is 20.2 Å². The quantitative estimate of drug-likeness (QED) is 0.774. The largest absolute Gasteiger partial charge is 0.508 e. The van der Waals surface area contributed by atoms with Crippen LogP contribution in [0.4, 0.5) is 0 Å². The maximum Gasteiger partial charge on any atom is 0.118 e. The standard InChI is InChI=1S/C17H20O/c1-14-8-2-3-9-15(14)10-4-5-11-16-12-6-7-13-17(16)18/h2-3,6-9,12-13,18H,4-5,10-11H2,1H3. The second-order valence-electron chi connectivity index (χ2n) is 4.76. The van der Waals surface area contributed by atoms with Crippen molar-refractivity contribution in [3.8, 4) is 5.75 Å². The van der Waals surface area contributed by atoms with Crippen molar-refractivity contribution in [2.24, 2.45) is 0 Å². The van der Waals surface area contributed by atoms with E-state index in [1.54, 1.807) is 6.07 Å². The SMILES string of the molecule is Cc1ccccc1CCCCc1ccccc1O. The first-order chi connectivity index (χ1) is 8.77. The number of aryl methyl sites for hydroxylation is 3. The Kier molecular flexibility index (Phi) is 4.40. The highest BCUT2D eigenvalue weighted by molar-refractivity contribution is 5.31. The fourth-order valence-electron chi connectivity index (χ4n) is 2.24. The molecule has 0 radical (unpaired) electrons. The Labute approximate surface area is 109 Å². The highest BCUT2D eigenvalue weighted by Gasteiger charge is 2.00. The molecule has 2 aromatic carbocycles. The first-order valence-corrected chi connectivity index (χ1v) is 6.59. The van der Waals surface area contributed by atoms with E-state index < -0.39 is 0 Å². The third kappa shape index (κ3) is 3.36. The van der Waals surface area contributed by atoms with Gasteiger partial charge in [-0.25, -0.2) is 0 Å². The van der Waals surface area contributed by atoms with E-state index in [1.807, 2.05) is 18.2 Å². The molecule has 2 aromatic rings. The number of hydrogen-bond donors (Lipinski definition) is 1. The fraction of sp³-hybridized carbons (Fsp3) is 0.294. The molecule has 0 saturated carbocycles. The highest BCUT2D eigenvalue weighted by Crippen LogP contribution is 2.19.